The molecule has 5 heteroatoms. The molecule has 0 spiro atoms. The third kappa shape index (κ3) is 5.56. The first-order valence-electron chi connectivity index (χ1n) is 11.7. The van der Waals surface area contributed by atoms with Gasteiger partial charge in [0.05, 0.1) is 30.2 Å². The Labute approximate surface area is 195 Å². The van der Waals surface area contributed by atoms with E-state index in [0.717, 1.165) is 50.5 Å². The average molecular weight is 439 g/mol. The molecule has 1 unspecified atom stereocenters. The maximum Gasteiger partial charge on any atom is 0.117 e. The molecular formula is C28H30N4O. The van der Waals surface area contributed by atoms with E-state index in [2.05, 4.69) is 63.7 Å². The molecule has 1 atom stereocenters. The number of aryl methyl sites for hydroxylation is 1. The lowest BCUT2D eigenvalue weighted by Crippen LogP contribution is -2.31. The monoisotopic (exact) mass is 438 g/mol. The first kappa shape index (κ1) is 21.6. The van der Waals surface area contributed by atoms with Crippen molar-refractivity contribution in [1.29, 1.82) is 0 Å². The van der Waals surface area contributed by atoms with Gasteiger partial charge in [0.1, 0.15) is 5.76 Å². The Bertz CT molecular complexity index is 1130. The largest absolute Gasteiger partial charge is 0.468 e. The summed E-state index contributed by atoms with van der Waals surface area (Å²) >= 11 is 0. The normalized spacial score (nSPS) is 15.5. The van der Waals surface area contributed by atoms with Crippen LogP contribution in [0.2, 0.25) is 0 Å². The number of furan rings is 1. The standard InChI is InChI=1S/C28H30N4O/c1-2-15-30-25(8-1)21-32(27-10-3-6-24-7-4-16-31-28(24)27)20-23-13-11-22(12-14-23)18-29-19-26-9-5-17-33-26/h1-2,4-5,7-9,11-17,27,29H,3,6,10,18-21H2. The average Bonchev–Trinajstić information content (AvgIpc) is 3.39. The highest BCUT2D eigenvalue weighted by molar-refractivity contribution is 5.27. The smallest absolute Gasteiger partial charge is 0.117 e. The summed E-state index contributed by atoms with van der Waals surface area (Å²) in [7, 11) is 0. The molecule has 3 aromatic heterocycles. The first-order valence-corrected chi connectivity index (χ1v) is 11.7. The third-order valence-corrected chi connectivity index (χ3v) is 6.31. The lowest BCUT2D eigenvalue weighted by Gasteiger charge is -2.35. The second kappa shape index (κ2) is 10.6. The molecule has 0 saturated heterocycles. The van der Waals surface area contributed by atoms with E-state index in [1.54, 1.807) is 6.26 Å². The molecule has 0 saturated carbocycles. The molecule has 0 aliphatic heterocycles. The summed E-state index contributed by atoms with van der Waals surface area (Å²) < 4.78 is 5.39. The molecule has 3 heterocycles. The quantitative estimate of drug-likeness (QED) is 0.377. The van der Waals surface area contributed by atoms with Crippen molar-refractivity contribution in [3.63, 3.8) is 0 Å². The van der Waals surface area contributed by atoms with Crippen molar-refractivity contribution in [2.45, 2.75) is 51.5 Å². The van der Waals surface area contributed by atoms with E-state index in [4.69, 9.17) is 9.40 Å². The summed E-state index contributed by atoms with van der Waals surface area (Å²) in [6.07, 6.45) is 8.97. The predicted octanol–water partition coefficient (Wildman–Crippen LogP) is 5.44. The van der Waals surface area contributed by atoms with E-state index in [1.165, 1.54) is 28.8 Å². The van der Waals surface area contributed by atoms with Crippen LogP contribution in [0.5, 0.6) is 0 Å². The van der Waals surface area contributed by atoms with Crippen LogP contribution < -0.4 is 5.32 Å². The molecule has 5 nitrogen and oxygen atoms in total. The van der Waals surface area contributed by atoms with Gasteiger partial charge >= 0.3 is 0 Å². The number of pyridine rings is 2. The fourth-order valence-corrected chi connectivity index (χ4v) is 4.66. The molecule has 0 fully saturated rings. The minimum atomic E-state index is 0.312. The Kier molecular flexibility index (Phi) is 6.90. The number of nitrogens with zero attached hydrogens (tertiary/aromatic N) is 3. The van der Waals surface area contributed by atoms with Crippen LogP contribution in [0, 0.1) is 0 Å². The SMILES string of the molecule is c1ccc(CN(Cc2ccc(CNCc3ccco3)cc2)C2CCCc3cccnc32)nc1. The molecule has 0 amide bonds. The molecule has 0 bridgehead atoms. The van der Waals surface area contributed by atoms with E-state index in [1.807, 2.05) is 30.6 Å². The van der Waals surface area contributed by atoms with Gasteiger partial charge < -0.3 is 9.73 Å². The zero-order valence-electron chi connectivity index (χ0n) is 18.9. The molecular weight excluding hydrogens is 408 g/mol. The Morgan fingerprint density at radius 2 is 1.73 bits per heavy atom. The molecule has 5 rings (SSSR count). The zero-order chi connectivity index (χ0) is 22.3. The highest BCUT2D eigenvalue weighted by Gasteiger charge is 2.27. The number of nitrogens with one attached hydrogen (secondary N) is 1. The lowest BCUT2D eigenvalue weighted by atomic mass is 9.90. The van der Waals surface area contributed by atoms with Crippen LogP contribution >= 0.6 is 0 Å². The van der Waals surface area contributed by atoms with Gasteiger partial charge in [0.25, 0.3) is 0 Å². The highest BCUT2D eigenvalue weighted by Crippen LogP contribution is 2.34. The molecule has 1 aliphatic rings. The minimum Gasteiger partial charge on any atom is -0.468 e. The lowest BCUT2D eigenvalue weighted by molar-refractivity contribution is 0.155. The maximum atomic E-state index is 5.39. The van der Waals surface area contributed by atoms with Crippen molar-refractivity contribution in [1.82, 2.24) is 20.2 Å². The van der Waals surface area contributed by atoms with Gasteiger partial charge in [0.2, 0.25) is 0 Å². The van der Waals surface area contributed by atoms with Crippen molar-refractivity contribution >= 4 is 0 Å². The van der Waals surface area contributed by atoms with Crippen LogP contribution in [0.25, 0.3) is 0 Å². The number of hydrogen-bond acceptors (Lipinski definition) is 5. The van der Waals surface area contributed by atoms with Crippen molar-refractivity contribution in [2.24, 2.45) is 0 Å². The van der Waals surface area contributed by atoms with E-state index in [0.29, 0.717) is 6.04 Å². The Morgan fingerprint density at radius 1 is 0.848 bits per heavy atom. The maximum absolute atomic E-state index is 5.39. The molecule has 0 radical (unpaired) electrons. The summed E-state index contributed by atoms with van der Waals surface area (Å²) in [5.41, 5.74) is 6.30. The predicted molar refractivity (Wildman–Crippen MR) is 129 cm³/mol. The van der Waals surface area contributed by atoms with Gasteiger partial charge in [-0.3, -0.25) is 14.9 Å². The highest BCUT2D eigenvalue weighted by atomic mass is 16.3. The van der Waals surface area contributed by atoms with Gasteiger partial charge in [-0.15, -0.1) is 0 Å². The molecule has 1 aromatic carbocycles. The van der Waals surface area contributed by atoms with Crippen molar-refractivity contribution in [3.05, 3.63) is 119 Å². The number of rotatable bonds is 9. The Morgan fingerprint density at radius 3 is 2.55 bits per heavy atom. The van der Waals surface area contributed by atoms with Gasteiger partial charge in [-0.2, -0.15) is 0 Å². The second-order valence-corrected chi connectivity index (χ2v) is 8.68. The number of benzene rings is 1. The van der Waals surface area contributed by atoms with Gasteiger partial charge in [0, 0.05) is 32.0 Å². The number of hydrogen-bond donors (Lipinski definition) is 1. The topological polar surface area (TPSA) is 54.2 Å². The summed E-state index contributed by atoms with van der Waals surface area (Å²) in [4.78, 5) is 11.9. The summed E-state index contributed by atoms with van der Waals surface area (Å²) in [5, 5.41) is 3.44. The molecule has 4 aromatic rings. The Hall–Kier alpha value is -3.28. The molecule has 168 valence electrons. The summed E-state index contributed by atoms with van der Waals surface area (Å²) in [5.74, 6) is 0.957. The number of aromatic nitrogens is 2. The molecule has 1 aliphatic carbocycles. The van der Waals surface area contributed by atoms with Crippen LogP contribution in [0.4, 0.5) is 0 Å². The Balaban J connectivity index is 1.30. The minimum absolute atomic E-state index is 0.312. The second-order valence-electron chi connectivity index (χ2n) is 8.68. The zero-order valence-corrected chi connectivity index (χ0v) is 18.9. The van der Waals surface area contributed by atoms with Crippen LogP contribution in [-0.4, -0.2) is 14.9 Å². The number of fused-ring (bicyclic) bond motifs is 1. The van der Waals surface area contributed by atoms with Crippen molar-refractivity contribution < 1.29 is 4.42 Å². The molecule has 33 heavy (non-hydrogen) atoms. The van der Waals surface area contributed by atoms with E-state index in [-0.39, 0.29) is 0 Å². The van der Waals surface area contributed by atoms with E-state index in [9.17, 15) is 0 Å². The van der Waals surface area contributed by atoms with Crippen molar-refractivity contribution in [3.8, 4) is 0 Å². The molecule has 1 N–H and O–H groups in total. The van der Waals surface area contributed by atoms with Crippen LogP contribution in [0.1, 0.15) is 52.7 Å². The van der Waals surface area contributed by atoms with Gasteiger partial charge in [-0.05, 0) is 66.3 Å². The van der Waals surface area contributed by atoms with E-state index >= 15 is 0 Å². The van der Waals surface area contributed by atoms with Gasteiger partial charge in [0.15, 0.2) is 0 Å². The van der Waals surface area contributed by atoms with Gasteiger partial charge in [-0.1, -0.05) is 36.4 Å². The first-order chi connectivity index (χ1) is 16.3. The van der Waals surface area contributed by atoms with Gasteiger partial charge in [-0.25, -0.2) is 0 Å². The van der Waals surface area contributed by atoms with Crippen LogP contribution in [0.15, 0.2) is 89.8 Å². The summed E-state index contributed by atoms with van der Waals surface area (Å²) in [6, 6.07) is 23.6. The third-order valence-electron chi connectivity index (χ3n) is 6.31. The van der Waals surface area contributed by atoms with Crippen LogP contribution in [0.3, 0.4) is 0 Å². The van der Waals surface area contributed by atoms with E-state index < -0.39 is 0 Å². The van der Waals surface area contributed by atoms with Crippen molar-refractivity contribution in [2.75, 3.05) is 0 Å². The fraction of sp³-hybridized carbons (Fsp3) is 0.286. The van der Waals surface area contributed by atoms with Crippen LogP contribution in [-0.2, 0) is 32.6 Å². The summed E-state index contributed by atoms with van der Waals surface area (Å²) in [6.45, 7) is 3.24. The fourth-order valence-electron chi connectivity index (χ4n) is 4.66.